The van der Waals surface area contributed by atoms with Crippen molar-refractivity contribution >= 4 is 41.5 Å². The molecule has 2 aliphatic heterocycles. The van der Waals surface area contributed by atoms with E-state index >= 15 is 0 Å². The van der Waals surface area contributed by atoms with Gasteiger partial charge >= 0.3 is 0 Å². The van der Waals surface area contributed by atoms with Gasteiger partial charge in [-0.2, -0.15) is 0 Å². The highest BCUT2D eigenvalue weighted by Gasteiger charge is 2.37. The highest BCUT2D eigenvalue weighted by Crippen LogP contribution is 2.32. The fourth-order valence-electron chi connectivity index (χ4n) is 3.52. The first-order chi connectivity index (χ1) is 11.2. The molecule has 1 N–H and O–H groups in total. The number of benzene rings is 1. The Morgan fingerprint density at radius 3 is 2.88 bits per heavy atom. The summed E-state index contributed by atoms with van der Waals surface area (Å²) in [5.41, 5.74) is 0. The van der Waals surface area contributed by atoms with Crippen molar-refractivity contribution in [1.29, 1.82) is 0 Å². The minimum atomic E-state index is 0. The van der Waals surface area contributed by atoms with Crippen LogP contribution in [-0.4, -0.2) is 42.6 Å². The van der Waals surface area contributed by atoms with Crippen molar-refractivity contribution in [3.63, 3.8) is 0 Å². The Bertz CT molecular complexity index is 557. The zero-order chi connectivity index (χ0) is 16.2. The van der Waals surface area contributed by atoms with Crippen molar-refractivity contribution in [2.24, 2.45) is 0 Å². The van der Waals surface area contributed by atoms with Crippen molar-refractivity contribution in [2.75, 3.05) is 19.7 Å². The average molecular weight is 394 g/mol. The normalized spacial score (nSPS) is 22.7. The third-order valence-electron chi connectivity index (χ3n) is 4.65. The van der Waals surface area contributed by atoms with Crippen LogP contribution in [0.15, 0.2) is 18.2 Å². The third-order valence-corrected chi connectivity index (χ3v) is 5.45. The van der Waals surface area contributed by atoms with Gasteiger partial charge in [0.15, 0.2) is 0 Å². The predicted molar refractivity (Wildman–Crippen MR) is 99.6 cm³/mol. The van der Waals surface area contributed by atoms with Crippen LogP contribution in [0.3, 0.4) is 0 Å². The molecule has 2 fully saturated rings. The Balaban J connectivity index is 0.00000208. The van der Waals surface area contributed by atoms with E-state index in [0.717, 1.165) is 32.4 Å². The second kappa shape index (κ2) is 9.14. The number of rotatable bonds is 5. The van der Waals surface area contributed by atoms with E-state index in [-0.39, 0.29) is 18.3 Å². The number of nitrogens with zero attached hydrogens (tertiary/aromatic N) is 1. The number of amides is 1. The molecule has 7 heteroatoms. The van der Waals surface area contributed by atoms with E-state index in [1.54, 1.807) is 18.2 Å². The van der Waals surface area contributed by atoms with Gasteiger partial charge in [-0.3, -0.25) is 4.79 Å². The molecule has 2 heterocycles. The SMILES string of the molecule is Cl.O=C(CCCOc1cccc(Cl)c1Cl)N1C2CCNCC1CC2. The topological polar surface area (TPSA) is 41.6 Å². The lowest BCUT2D eigenvalue weighted by Gasteiger charge is -2.28. The van der Waals surface area contributed by atoms with E-state index in [0.29, 0.717) is 47.3 Å². The lowest BCUT2D eigenvalue weighted by molar-refractivity contribution is -0.134. The Kier molecular flexibility index (Phi) is 7.48. The van der Waals surface area contributed by atoms with Crippen molar-refractivity contribution in [2.45, 2.75) is 44.2 Å². The van der Waals surface area contributed by atoms with Gasteiger partial charge in [0.25, 0.3) is 0 Å². The molecule has 0 saturated carbocycles. The predicted octanol–water partition coefficient (Wildman–Crippen LogP) is 3.93. The first-order valence-corrected chi connectivity index (χ1v) is 9.01. The molecule has 0 radical (unpaired) electrons. The summed E-state index contributed by atoms with van der Waals surface area (Å²) < 4.78 is 5.65. The van der Waals surface area contributed by atoms with Gasteiger partial charge in [0.1, 0.15) is 10.8 Å². The highest BCUT2D eigenvalue weighted by molar-refractivity contribution is 6.42. The fourth-order valence-corrected chi connectivity index (χ4v) is 3.87. The summed E-state index contributed by atoms with van der Waals surface area (Å²) in [7, 11) is 0. The molecule has 2 bridgehead atoms. The first-order valence-electron chi connectivity index (χ1n) is 8.25. The molecule has 0 aliphatic carbocycles. The van der Waals surface area contributed by atoms with Crippen molar-refractivity contribution < 1.29 is 9.53 Å². The summed E-state index contributed by atoms with van der Waals surface area (Å²) in [6.45, 7) is 2.41. The van der Waals surface area contributed by atoms with Crippen LogP contribution in [0, 0.1) is 0 Å². The molecule has 0 aromatic heterocycles. The maximum Gasteiger partial charge on any atom is 0.223 e. The molecule has 2 unspecified atom stereocenters. The number of carbonyl (C=O) groups excluding carboxylic acids is 1. The van der Waals surface area contributed by atoms with E-state index in [9.17, 15) is 4.79 Å². The lowest BCUT2D eigenvalue weighted by Crippen LogP contribution is -2.42. The van der Waals surface area contributed by atoms with Crippen molar-refractivity contribution in [3.8, 4) is 5.75 Å². The number of hydrogen-bond acceptors (Lipinski definition) is 3. The van der Waals surface area contributed by atoms with Crippen molar-refractivity contribution in [1.82, 2.24) is 10.2 Å². The van der Waals surface area contributed by atoms with Gasteiger partial charge in [-0.1, -0.05) is 29.3 Å². The van der Waals surface area contributed by atoms with Gasteiger partial charge in [-0.05, 0) is 44.4 Å². The number of fused-ring (bicyclic) bond motifs is 2. The second-order valence-corrected chi connectivity index (χ2v) is 6.97. The molecule has 0 spiro atoms. The smallest absolute Gasteiger partial charge is 0.223 e. The quantitative estimate of drug-likeness (QED) is 0.771. The van der Waals surface area contributed by atoms with Gasteiger partial charge in [-0.15, -0.1) is 12.4 Å². The van der Waals surface area contributed by atoms with Gasteiger partial charge in [-0.25, -0.2) is 0 Å². The Morgan fingerprint density at radius 2 is 2.04 bits per heavy atom. The minimum absolute atomic E-state index is 0. The summed E-state index contributed by atoms with van der Waals surface area (Å²) >= 11 is 12.0. The summed E-state index contributed by atoms with van der Waals surface area (Å²) in [6, 6.07) is 6.11. The van der Waals surface area contributed by atoms with Crippen LogP contribution in [0.5, 0.6) is 5.75 Å². The largest absolute Gasteiger partial charge is 0.492 e. The molecule has 1 aromatic rings. The maximum atomic E-state index is 12.5. The zero-order valence-electron chi connectivity index (χ0n) is 13.5. The number of hydrogen-bond donors (Lipinski definition) is 1. The van der Waals surface area contributed by atoms with Crippen LogP contribution >= 0.6 is 35.6 Å². The summed E-state index contributed by atoms with van der Waals surface area (Å²) in [4.78, 5) is 14.7. The van der Waals surface area contributed by atoms with E-state index in [2.05, 4.69) is 10.2 Å². The number of halogens is 3. The van der Waals surface area contributed by atoms with Crippen LogP contribution < -0.4 is 10.1 Å². The highest BCUT2D eigenvalue weighted by atomic mass is 35.5. The standard InChI is InChI=1S/C17H22Cl2N2O2.ClH/c18-14-3-1-4-15(17(14)19)23-10-2-5-16(22)21-12-6-7-13(21)11-20-9-8-12;/h1,3-4,12-13,20H,2,5-11H2;1H. The molecule has 2 saturated heterocycles. The Labute approximate surface area is 159 Å². The van der Waals surface area contributed by atoms with Crippen molar-refractivity contribution in [3.05, 3.63) is 28.2 Å². The molecular weight excluding hydrogens is 371 g/mol. The molecular formula is C17H23Cl3N2O2. The molecule has 1 aromatic carbocycles. The maximum absolute atomic E-state index is 12.5. The zero-order valence-corrected chi connectivity index (χ0v) is 15.8. The molecule has 3 rings (SSSR count). The van der Waals surface area contributed by atoms with Crippen LogP contribution in [0.25, 0.3) is 0 Å². The number of carbonyl (C=O) groups is 1. The van der Waals surface area contributed by atoms with E-state index in [1.807, 2.05) is 0 Å². The molecule has 4 nitrogen and oxygen atoms in total. The summed E-state index contributed by atoms with van der Waals surface area (Å²) in [5.74, 6) is 0.827. The van der Waals surface area contributed by atoms with Gasteiger partial charge in [0, 0.05) is 25.0 Å². The fraction of sp³-hybridized carbons (Fsp3) is 0.588. The van der Waals surface area contributed by atoms with E-state index < -0.39 is 0 Å². The van der Waals surface area contributed by atoms with Crippen LogP contribution in [0.1, 0.15) is 32.1 Å². The summed E-state index contributed by atoms with van der Waals surface area (Å²) in [5, 5.41) is 4.33. The van der Waals surface area contributed by atoms with Crippen LogP contribution in [-0.2, 0) is 4.79 Å². The van der Waals surface area contributed by atoms with Gasteiger partial charge < -0.3 is 15.0 Å². The van der Waals surface area contributed by atoms with Crippen LogP contribution in [0.4, 0.5) is 0 Å². The lowest BCUT2D eigenvalue weighted by atomic mass is 10.1. The van der Waals surface area contributed by atoms with E-state index in [4.69, 9.17) is 27.9 Å². The molecule has 2 aliphatic rings. The molecule has 2 atom stereocenters. The summed E-state index contributed by atoms with van der Waals surface area (Å²) in [6.07, 6.45) is 4.54. The minimum Gasteiger partial charge on any atom is -0.492 e. The van der Waals surface area contributed by atoms with E-state index in [1.165, 1.54) is 0 Å². The molecule has 24 heavy (non-hydrogen) atoms. The van der Waals surface area contributed by atoms with Gasteiger partial charge in [0.05, 0.1) is 11.6 Å². The second-order valence-electron chi connectivity index (χ2n) is 6.18. The molecule has 1 amide bonds. The third kappa shape index (κ3) is 4.48. The average Bonchev–Trinajstić information content (AvgIpc) is 2.80. The first kappa shape index (κ1) is 19.6. The van der Waals surface area contributed by atoms with Gasteiger partial charge in [0.2, 0.25) is 5.91 Å². The van der Waals surface area contributed by atoms with Crippen LogP contribution in [0.2, 0.25) is 10.0 Å². The number of nitrogens with one attached hydrogen (secondary N) is 1. The monoisotopic (exact) mass is 392 g/mol. The Hall–Kier alpha value is -0.680. The molecule has 134 valence electrons. The Morgan fingerprint density at radius 1 is 1.25 bits per heavy atom. The number of ether oxygens (including phenoxy) is 1.